The Labute approximate surface area is 116 Å². The number of rotatable bonds is 4. The largest absolute Gasteiger partial charge is 0.477 e. The number of likely N-dealkylation sites (tertiary alicyclic amines) is 1. The van der Waals surface area contributed by atoms with Crippen LogP contribution in [0.2, 0.25) is 0 Å². The molecule has 1 unspecified atom stereocenters. The minimum atomic E-state index is -0.990. The van der Waals surface area contributed by atoms with Crippen molar-refractivity contribution in [2.24, 2.45) is 0 Å². The molecule has 6 heteroatoms. The highest BCUT2D eigenvalue weighted by molar-refractivity contribution is 7.15. The summed E-state index contributed by atoms with van der Waals surface area (Å²) >= 11 is 1.01. The van der Waals surface area contributed by atoms with Gasteiger partial charge in [0, 0.05) is 12.6 Å². The normalized spacial score (nSPS) is 20.2. The quantitative estimate of drug-likeness (QED) is 0.881. The van der Waals surface area contributed by atoms with Crippen molar-refractivity contribution in [3.05, 3.63) is 21.9 Å². The van der Waals surface area contributed by atoms with Crippen LogP contribution in [-0.4, -0.2) is 48.1 Å². The van der Waals surface area contributed by atoms with Crippen molar-refractivity contribution >= 4 is 23.2 Å². The van der Waals surface area contributed by atoms with Gasteiger partial charge in [0.05, 0.1) is 4.88 Å². The van der Waals surface area contributed by atoms with E-state index in [9.17, 15) is 9.59 Å². The molecule has 104 valence electrons. The minimum Gasteiger partial charge on any atom is -0.477 e. The van der Waals surface area contributed by atoms with E-state index in [-0.39, 0.29) is 10.8 Å². The van der Waals surface area contributed by atoms with E-state index in [2.05, 4.69) is 17.3 Å². The molecule has 0 aromatic carbocycles. The molecule has 0 radical (unpaired) electrons. The van der Waals surface area contributed by atoms with E-state index >= 15 is 0 Å². The van der Waals surface area contributed by atoms with Crippen LogP contribution in [0.4, 0.5) is 0 Å². The fraction of sp³-hybridized carbons (Fsp3) is 0.538. The zero-order valence-electron chi connectivity index (χ0n) is 10.9. The SMILES string of the molecule is CN1CCCCC1CNC(=O)c1ccc(C(=O)O)s1. The molecule has 2 rings (SSSR count). The molecule has 1 saturated heterocycles. The summed E-state index contributed by atoms with van der Waals surface area (Å²) in [7, 11) is 2.07. The standard InChI is InChI=1S/C13H18N2O3S/c1-15-7-3-2-4-9(15)8-14-12(16)10-5-6-11(19-10)13(17)18/h5-6,9H,2-4,7-8H2,1H3,(H,14,16)(H,17,18). The van der Waals surface area contributed by atoms with E-state index in [1.54, 1.807) is 6.07 Å². The Hall–Kier alpha value is -1.40. The topological polar surface area (TPSA) is 69.6 Å². The second kappa shape index (κ2) is 6.16. The zero-order chi connectivity index (χ0) is 13.8. The first-order valence-corrected chi connectivity index (χ1v) is 7.21. The number of nitrogens with one attached hydrogen (secondary N) is 1. The summed E-state index contributed by atoms with van der Waals surface area (Å²) in [5, 5.41) is 11.7. The molecule has 1 aromatic rings. The van der Waals surface area contributed by atoms with Gasteiger partial charge in [-0.05, 0) is 38.6 Å². The summed E-state index contributed by atoms with van der Waals surface area (Å²) in [5.74, 6) is -1.17. The van der Waals surface area contributed by atoms with Gasteiger partial charge in [-0.25, -0.2) is 4.79 Å². The molecule has 2 N–H and O–H groups in total. The monoisotopic (exact) mass is 282 g/mol. The maximum Gasteiger partial charge on any atom is 0.345 e. The number of carboxylic acid groups (broad SMARTS) is 1. The van der Waals surface area contributed by atoms with Gasteiger partial charge in [-0.2, -0.15) is 0 Å². The van der Waals surface area contributed by atoms with Crippen molar-refractivity contribution in [3.8, 4) is 0 Å². The fourth-order valence-corrected chi connectivity index (χ4v) is 3.04. The number of piperidine rings is 1. The number of carbonyl (C=O) groups excluding carboxylic acids is 1. The van der Waals surface area contributed by atoms with Crippen LogP contribution in [-0.2, 0) is 0 Å². The maximum atomic E-state index is 11.9. The number of nitrogens with zero attached hydrogens (tertiary/aromatic N) is 1. The molecule has 1 amide bonds. The van der Waals surface area contributed by atoms with E-state index in [4.69, 9.17) is 5.11 Å². The summed E-state index contributed by atoms with van der Waals surface area (Å²) in [5.41, 5.74) is 0. The average Bonchev–Trinajstić information content (AvgIpc) is 2.87. The van der Waals surface area contributed by atoms with Crippen LogP contribution in [0.5, 0.6) is 0 Å². The Morgan fingerprint density at radius 1 is 1.42 bits per heavy atom. The Morgan fingerprint density at radius 2 is 2.16 bits per heavy atom. The number of thiophene rings is 1. The fourth-order valence-electron chi connectivity index (χ4n) is 2.27. The third-order valence-corrected chi connectivity index (χ3v) is 4.53. The lowest BCUT2D eigenvalue weighted by Crippen LogP contribution is -2.44. The molecular weight excluding hydrogens is 264 g/mol. The van der Waals surface area contributed by atoms with Crippen LogP contribution in [0.3, 0.4) is 0 Å². The Bertz CT molecular complexity index is 472. The highest BCUT2D eigenvalue weighted by atomic mass is 32.1. The number of hydrogen-bond donors (Lipinski definition) is 2. The van der Waals surface area contributed by atoms with Gasteiger partial charge in [-0.3, -0.25) is 4.79 Å². The lowest BCUT2D eigenvalue weighted by molar-refractivity contribution is 0.0702. The summed E-state index contributed by atoms with van der Waals surface area (Å²) in [6.45, 7) is 1.69. The highest BCUT2D eigenvalue weighted by Gasteiger charge is 2.20. The third kappa shape index (κ3) is 3.54. The van der Waals surface area contributed by atoms with E-state index in [1.807, 2.05) is 0 Å². The van der Waals surface area contributed by atoms with E-state index in [0.29, 0.717) is 17.5 Å². The predicted molar refractivity (Wildman–Crippen MR) is 73.9 cm³/mol. The molecule has 19 heavy (non-hydrogen) atoms. The summed E-state index contributed by atoms with van der Waals surface area (Å²) in [4.78, 5) is 25.6. The Kier molecular flexibility index (Phi) is 4.55. The Morgan fingerprint density at radius 3 is 2.79 bits per heavy atom. The van der Waals surface area contributed by atoms with Crippen molar-refractivity contribution in [1.82, 2.24) is 10.2 Å². The lowest BCUT2D eigenvalue weighted by Gasteiger charge is -2.32. The van der Waals surface area contributed by atoms with Gasteiger partial charge in [0.25, 0.3) is 5.91 Å². The van der Waals surface area contributed by atoms with Gasteiger partial charge in [0.2, 0.25) is 0 Å². The van der Waals surface area contributed by atoms with Gasteiger partial charge in [-0.1, -0.05) is 6.42 Å². The molecule has 5 nitrogen and oxygen atoms in total. The number of aromatic carboxylic acids is 1. The van der Waals surface area contributed by atoms with Crippen molar-refractivity contribution in [1.29, 1.82) is 0 Å². The van der Waals surface area contributed by atoms with E-state index < -0.39 is 5.97 Å². The van der Waals surface area contributed by atoms with Crippen molar-refractivity contribution < 1.29 is 14.7 Å². The van der Waals surface area contributed by atoms with Gasteiger partial charge in [-0.15, -0.1) is 11.3 Å². The van der Waals surface area contributed by atoms with Crippen LogP contribution in [0.15, 0.2) is 12.1 Å². The van der Waals surface area contributed by atoms with E-state index in [0.717, 1.165) is 24.3 Å². The molecule has 0 saturated carbocycles. The van der Waals surface area contributed by atoms with Gasteiger partial charge in [0.15, 0.2) is 0 Å². The van der Waals surface area contributed by atoms with Crippen molar-refractivity contribution in [3.63, 3.8) is 0 Å². The van der Waals surface area contributed by atoms with Crippen LogP contribution in [0.25, 0.3) is 0 Å². The second-order valence-corrected chi connectivity index (χ2v) is 5.89. The first-order valence-electron chi connectivity index (χ1n) is 6.39. The zero-order valence-corrected chi connectivity index (χ0v) is 11.7. The molecule has 1 aromatic heterocycles. The number of likely N-dealkylation sites (N-methyl/N-ethyl adjacent to an activating group) is 1. The van der Waals surface area contributed by atoms with Crippen LogP contribution < -0.4 is 5.32 Å². The highest BCUT2D eigenvalue weighted by Crippen LogP contribution is 2.17. The van der Waals surface area contributed by atoms with Gasteiger partial charge in [0.1, 0.15) is 4.88 Å². The predicted octanol–water partition coefficient (Wildman–Crippen LogP) is 1.66. The number of carboxylic acids is 1. The smallest absolute Gasteiger partial charge is 0.345 e. The van der Waals surface area contributed by atoms with Crippen LogP contribution in [0.1, 0.15) is 38.6 Å². The van der Waals surface area contributed by atoms with Crippen molar-refractivity contribution in [2.45, 2.75) is 25.3 Å². The third-order valence-electron chi connectivity index (χ3n) is 3.46. The molecule has 0 bridgehead atoms. The second-order valence-electron chi connectivity index (χ2n) is 4.81. The van der Waals surface area contributed by atoms with Crippen molar-refractivity contribution in [2.75, 3.05) is 20.1 Å². The molecule has 1 aliphatic rings. The molecule has 0 spiro atoms. The molecule has 0 aliphatic carbocycles. The summed E-state index contributed by atoms with van der Waals surface area (Å²) in [6, 6.07) is 3.42. The number of carbonyl (C=O) groups is 2. The molecule has 1 aliphatic heterocycles. The summed E-state index contributed by atoms with van der Waals surface area (Å²) < 4.78 is 0. The first kappa shape index (κ1) is 14.0. The van der Waals surface area contributed by atoms with Crippen LogP contribution >= 0.6 is 11.3 Å². The van der Waals surface area contributed by atoms with Crippen LogP contribution in [0, 0.1) is 0 Å². The van der Waals surface area contributed by atoms with Gasteiger partial charge >= 0.3 is 5.97 Å². The number of amides is 1. The molecule has 1 atom stereocenters. The first-order chi connectivity index (χ1) is 9.08. The summed E-state index contributed by atoms with van der Waals surface area (Å²) in [6.07, 6.45) is 3.52. The minimum absolute atomic E-state index is 0.184. The van der Waals surface area contributed by atoms with E-state index in [1.165, 1.54) is 18.9 Å². The molecule has 2 heterocycles. The number of hydrogen-bond acceptors (Lipinski definition) is 4. The Balaban J connectivity index is 1.88. The molecular formula is C13H18N2O3S. The lowest BCUT2D eigenvalue weighted by atomic mass is 10.0. The molecule has 1 fully saturated rings. The average molecular weight is 282 g/mol. The van der Waals surface area contributed by atoms with Gasteiger partial charge < -0.3 is 15.3 Å². The maximum absolute atomic E-state index is 11.9.